The number of rotatable bonds is 8. The highest BCUT2D eigenvalue weighted by atomic mass is 16.7. The van der Waals surface area contributed by atoms with Crippen LogP contribution in [0.3, 0.4) is 0 Å². The van der Waals surface area contributed by atoms with E-state index in [1.807, 2.05) is 37.3 Å². The first kappa shape index (κ1) is 31.3. The zero-order valence-corrected chi connectivity index (χ0v) is 27.9. The molecule has 0 amide bonds. The van der Waals surface area contributed by atoms with Crippen LogP contribution < -0.4 is 0 Å². The number of fused-ring (bicyclic) bond motifs is 5. The van der Waals surface area contributed by atoms with Gasteiger partial charge in [-0.2, -0.15) is 0 Å². The summed E-state index contributed by atoms with van der Waals surface area (Å²) < 4.78 is 18.3. The molecule has 1 aliphatic heterocycles. The maximum atomic E-state index is 13.4. The van der Waals surface area contributed by atoms with Crippen molar-refractivity contribution in [1.29, 1.82) is 0 Å². The molecule has 0 radical (unpaired) electrons. The molecule has 4 fully saturated rings. The summed E-state index contributed by atoms with van der Waals surface area (Å²) in [5.41, 5.74) is 2.57. The van der Waals surface area contributed by atoms with Crippen molar-refractivity contribution < 1.29 is 19.0 Å². The molecule has 43 heavy (non-hydrogen) atoms. The first-order valence-corrected chi connectivity index (χ1v) is 17.7. The van der Waals surface area contributed by atoms with E-state index in [4.69, 9.17) is 14.2 Å². The third-order valence-corrected chi connectivity index (χ3v) is 13.2. The molecule has 1 saturated heterocycles. The first-order valence-electron chi connectivity index (χ1n) is 17.7. The highest BCUT2D eigenvalue weighted by Gasteiger charge is 2.59. The second kappa shape index (κ2) is 12.3. The van der Waals surface area contributed by atoms with E-state index in [-0.39, 0.29) is 17.5 Å². The summed E-state index contributed by atoms with van der Waals surface area (Å²) in [6.45, 7) is 15.1. The van der Waals surface area contributed by atoms with Gasteiger partial charge in [0.05, 0.1) is 13.2 Å². The zero-order valence-electron chi connectivity index (χ0n) is 27.9. The largest absolute Gasteiger partial charge is 0.461 e. The normalized spacial score (nSPS) is 41.5. The quantitative estimate of drug-likeness (QED) is 0.223. The van der Waals surface area contributed by atoms with E-state index in [0.29, 0.717) is 18.6 Å². The van der Waals surface area contributed by atoms with Crippen LogP contribution in [0.15, 0.2) is 42.0 Å². The summed E-state index contributed by atoms with van der Waals surface area (Å²) in [7, 11) is 0. The number of esters is 1. The number of carbonyl (C=O) groups excluding carboxylic acids is 1. The van der Waals surface area contributed by atoms with Gasteiger partial charge in [0.15, 0.2) is 6.29 Å². The summed E-state index contributed by atoms with van der Waals surface area (Å²) in [5, 5.41) is 0. The van der Waals surface area contributed by atoms with Gasteiger partial charge in [-0.25, -0.2) is 0 Å². The molecule has 5 aliphatic rings. The van der Waals surface area contributed by atoms with Crippen molar-refractivity contribution in [2.75, 3.05) is 13.2 Å². The lowest BCUT2D eigenvalue weighted by atomic mass is 9.47. The second-order valence-electron chi connectivity index (χ2n) is 16.5. The van der Waals surface area contributed by atoms with Crippen molar-refractivity contribution in [3.63, 3.8) is 0 Å². The zero-order chi connectivity index (χ0) is 30.4. The van der Waals surface area contributed by atoms with E-state index in [1.54, 1.807) is 5.57 Å². The van der Waals surface area contributed by atoms with Crippen molar-refractivity contribution in [2.24, 2.45) is 51.8 Å². The fourth-order valence-electron chi connectivity index (χ4n) is 10.6. The van der Waals surface area contributed by atoms with Crippen molar-refractivity contribution in [3.05, 3.63) is 47.5 Å². The van der Waals surface area contributed by atoms with Crippen molar-refractivity contribution >= 4 is 5.97 Å². The molecule has 0 N–H and O–H groups in total. The Balaban J connectivity index is 1.06. The van der Waals surface area contributed by atoms with E-state index in [2.05, 4.69) is 40.7 Å². The summed E-state index contributed by atoms with van der Waals surface area (Å²) in [6.07, 6.45) is 16.2. The smallest absolute Gasteiger partial charge is 0.316 e. The Morgan fingerprint density at radius 3 is 2.40 bits per heavy atom. The molecule has 6 rings (SSSR count). The molecular weight excluding hydrogens is 532 g/mol. The van der Waals surface area contributed by atoms with Gasteiger partial charge in [-0.1, -0.05) is 95.9 Å². The van der Waals surface area contributed by atoms with Crippen LogP contribution in [0.1, 0.15) is 124 Å². The van der Waals surface area contributed by atoms with Gasteiger partial charge in [0, 0.05) is 12.0 Å². The number of allylic oxidation sites excluding steroid dienone is 1. The van der Waals surface area contributed by atoms with Crippen LogP contribution >= 0.6 is 0 Å². The van der Waals surface area contributed by atoms with Gasteiger partial charge in [0.25, 0.3) is 0 Å². The Kier molecular flexibility index (Phi) is 8.94. The van der Waals surface area contributed by atoms with Crippen molar-refractivity contribution in [1.82, 2.24) is 0 Å². The molecule has 3 saturated carbocycles. The van der Waals surface area contributed by atoms with Crippen LogP contribution in [0, 0.1) is 51.8 Å². The number of hydrogen-bond acceptors (Lipinski definition) is 4. The maximum Gasteiger partial charge on any atom is 0.316 e. The maximum absolute atomic E-state index is 13.4. The summed E-state index contributed by atoms with van der Waals surface area (Å²) in [4.78, 5) is 13.4. The average Bonchev–Trinajstić information content (AvgIpc) is 3.35. The van der Waals surface area contributed by atoms with Gasteiger partial charge in [0.2, 0.25) is 0 Å². The van der Waals surface area contributed by atoms with Crippen LogP contribution in [-0.4, -0.2) is 25.3 Å². The molecule has 1 heterocycles. The van der Waals surface area contributed by atoms with Gasteiger partial charge in [-0.3, -0.25) is 4.79 Å². The molecule has 1 aromatic rings. The lowest BCUT2D eigenvalue weighted by Crippen LogP contribution is -2.51. The molecule has 0 spiro atoms. The molecule has 8 atom stereocenters. The average molecular weight is 591 g/mol. The third kappa shape index (κ3) is 5.89. The molecule has 4 nitrogen and oxygen atoms in total. The topological polar surface area (TPSA) is 44.8 Å². The molecule has 4 heteroatoms. The number of ether oxygens (including phenoxy) is 3. The van der Waals surface area contributed by atoms with Crippen LogP contribution in [0.2, 0.25) is 0 Å². The highest BCUT2D eigenvalue weighted by molar-refractivity contribution is 5.77. The monoisotopic (exact) mass is 590 g/mol. The number of hydrogen-bond donors (Lipinski definition) is 0. The predicted molar refractivity (Wildman–Crippen MR) is 172 cm³/mol. The van der Waals surface area contributed by atoms with Gasteiger partial charge in [-0.05, 0) is 98.2 Å². The minimum absolute atomic E-state index is 0.0385. The SMILES string of the molecule is CC(C)CCC[C@@H](C)[C@@H]1CC[C@@H]2[C@H]3CC=C4C[C@@H](OC(=O)C5(C)COC(c6ccccc6)OC5)CC[C@]4(C)[C@@H]3CC[C@@]21C. The van der Waals surface area contributed by atoms with Crippen LogP contribution in [0.5, 0.6) is 0 Å². The summed E-state index contributed by atoms with van der Waals surface area (Å²) >= 11 is 0. The minimum Gasteiger partial charge on any atom is -0.461 e. The Bertz CT molecular complexity index is 1150. The second-order valence-corrected chi connectivity index (χ2v) is 16.5. The molecule has 1 aromatic carbocycles. The predicted octanol–water partition coefficient (Wildman–Crippen LogP) is 9.69. The molecule has 4 aliphatic carbocycles. The van der Waals surface area contributed by atoms with Crippen molar-refractivity contribution in [3.8, 4) is 0 Å². The molecular formula is C39H58O4. The standard InChI is InChI=1S/C39H58O4/c1-26(2)11-10-12-27(3)32-17-18-33-31-16-15-29-23-30(19-21-38(29,5)34(31)20-22-39(32,33)6)43-36(40)37(4)24-41-35(42-25-37)28-13-8-7-9-14-28/h7-9,13-15,26-27,30-35H,10-12,16-25H2,1-6H3/t27-,30+,31-,32+,33-,34-,35?,37?,38+,39-/m1/s1. The molecule has 0 unspecified atom stereocenters. The molecule has 0 bridgehead atoms. The number of benzene rings is 1. The van der Waals surface area contributed by atoms with Gasteiger partial charge in [0.1, 0.15) is 11.5 Å². The molecule has 238 valence electrons. The van der Waals surface area contributed by atoms with E-state index in [9.17, 15) is 4.79 Å². The van der Waals surface area contributed by atoms with Crippen molar-refractivity contribution in [2.45, 2.75) is 125 Å². The first-order chi connectivity index (χ1) is 20.5. The molecule has 0 aromatic heterocycles. The van der Waals surface area contributed by atoms with Crippen LogP contribution in [0.25, 0.3) is 0 Å². The summed E-state index contributed by atoms with van der Waals surface area (Å²) in [6, 6.07) is 9.95. The Labute approximate surface area is 261 Å². The van der Waals surface area contributed by atoms with Gasteiger partial charge >= 0.3 is 5.97 Å². The minimum atomic E-state index is -0.767. The fourth-order valence-corrected chi connectivity index (χ4v) is 10.6. The Hall–Kier alpha value is -1.65. The van der Waals surface area contributed by atoms with E-state index < -0.39 is 11.7 Å². The fraction of sp³-hybridized carbons (Fsp3) is 0.769. The van der Waals surface area contributed by atoms with E-state index >= 15 is 0 Å². The Morgan fingerprint density at radius 1 is 0.930 bits per heavy atom. The van der Waals surface area contributed by atoms with Crippen LogP contribution in [-0.2, 0) is 19.0 Å². The third-order valence-electron chi connectivity index (χ3n) is 13.2. The lowest BCUT2D eigenvalue weighted by Gasteiger charge is -2.58. The lowest BCUT2D eigenvalue weighted by molar-refractivity contribution is -0.238. The van der Waals surface area contributed by atoms with Crippen LogP contribution in [0.4, 0.5) is 0 Å². The summed E-state index contributed by atoms with van der Waals surface area (Å²) in [5.74, 6) is 4.89. The van der Waals surface area contributed by atoms with E-state index in [0.717, 1.165) is 60.3 Å². The van der Waals surface area contributed by atoms with Gasteiger partial charge < -0.3 is 14.2 Å². The highest BCUT2D eigenvalue weighted by Crippen LogP contribution is 2.67. The van der Waals surface area contributed by atoms with E-state index in [1.165, 1.54) is 51.4 Å². The number of carbonyl (C=O) groups is 1. The Morgan fingerprint density at radius 2 is 1.67 bits per heavy atom. The van der Waals surface area contributed by atoms with Gasteiger partial charge in [-0.15, -0.1) is 0 Å².